The second-order valence-electron chi connectivity index (χ2n) is 5.46. The SMILES string of the molecule is CC(C)NC(=O)CCOc1ccc(CNC2CC2)nc1. The van der Waals surface area contributed by atoms with Gasteiger partial charge in [0.05, 0.1) is 24.9 Å². The van der Waals surface area contributed by atoms with Crippen molar-refractivity contribution in [3.63, 3.8) is 0 Å². The third kappa shape index (κ3) is 5.57. The molecule has 2 rings (SSSR count). The van der Waals surface area contributed by atoms with Crippen molar-refractivity contribution in [3.05, 3.63) is 24.0 Å². The van der Waals surface area contributed by atoms with Crippen LogP contribution in [0.5, 0.6) is 5.75 Å². The minimum Gasteiger partial charge on any atom is -0.491 e. The zero-order chi connectivity index (χ0) is 14.4. The van der Waals surface area contributed by atoms with Gasteiger partial charge in [-0.05, 0) is 38.8 Å². The summed E-state index contributed by atoms with van der Waals surface area (Å²) in [7, 11) is 0. The number of rotatable bonds is 8. The van der Waals surface area contributed by atoms with E-state index in [1.807, 2.05) is 26.0 Å². The van der Waals surface area contributed by atoms with Crippen LogP contribution in [0.15, 0.2) is 18.3 Å². The van der Waals surface area contributed by atoms with Crippen LogP contribution in [-0.4, -0.2) is 29.6 Å². The lowest BCUT2D eigenvalue weighted by Gasteiger charge is -2.09. The zero-order valence-electron chi connectivity index (χ0n) is 12.2. The summed E-state index contributed by atoms with van der Waals surface area (Å²) in [5.41, 5.74) is 1.02. The third-order valence-electron chi connectivity index (χ3n) is 2.99. The molecular weight excluding hydrogens is 254 g/mol. The van der Waals surface area contributed by atoms with Crippen molar-refractivity contribution in [1.29, 1.82) is 0 Å². The highest BCUT2D eigenvalue weighted by Crippen LogP contribution is 2.19. The van der Waals surface area contributed by atoms with Crippen LogP contribution in [0.2, 0.25) is 0 Å². The Bertz CT molecular complexity index is 427. The van der Waals surface area contributed by atoms with Gasteiger partial charge in [0.2, 0.25) is 5.91 Å². The molecule has 0 aromatic carbocycles. The highest BCUT2D eigenvalue weighted by molar-refractivity contribution is 5.76. The quantitative estimate of drug-likeness (QED) is 0.758. The summed E-state index contributed by atoms with van der Waals surface area (Å²) in [6.07, 6.45) is 4.63. The second kappa shape index (κ2) is 7.24. The number of hydrogen-bond donors (Lipinski definition) is 2. The number of carbonyl (C=O) groups is 1. The topological polar surface area (TPSA) is 63.2 Å². The van der Waals surface area contributed by atoms with Crippen LogP contribution in [0.1, 0.15) is 38.8 Å². The molecule has 1 fully saturated rings. The minimum absolute atomic E-state index is 0.0122. The molecule has 0 unspecified atom stereocenters. The van der Waals surface area contributed by atoms with E-state index in [0.717, 1.165) is 12.2 Å². The summed E-state index contributed by atoms with van der Waals surface area (Å²) < 4.78 is 5.51. The van der Waals surface area contributed by atoms with Gasteiger partial charge in [0.15, 0.2) is 0 Å². The van der Waals surface area contributed by atoms with Crippen molar-refractivity contribution in [2.75, 3.05) is 6.61 Å². The van der Waals surface area contributed by atoms with Gasteiger partial charge in [-0.15, -0.1) is 0 Å². The van der Waals surface area contributed by atoms with Gasteiger partial charge in [0.1, 0.15) is 5.75 Å². The van der Waals surface area contributed by atoms with E-state index in [4.69, 9.17) is 4.74 Å². The molecule has 1 aromatic rings. The highest BCUT2D eigenvalue weighted by Gasteiger charge is 2.20. The number of nitrogens with zero attached hydrogens (tertiary/aromatic N) is 1. The van der Waals surface area contributed by atoms with Gasteiger partial charge in [0, 0.05) is 18.6 Å². The number of pyridine rings is 1. The van der Waals surface area contributed by atoms with Crippen LogP contribution in [0, 0.1) is 0 Å². The summed E-state index contributed by atoms with van der Waals surface area (Å²) in [6, 6.07) is 4.71. The maximum atomic E-state index is 11.4. The molecule has 1 aliphatic rings. The molecule has 1 aliphatic carbocycles. The van der Waals surface area contributed by atoms with E-state index < -0.39 is 0 Å². The predicted molar refractivity (Wildman–Crippen MR) is 77.5 cm³/mol. The molecular formula is C15H23N3O2. The molecule has 0 atom stereocenters. The number of nitrogens with one attached hydrogen (secondary N) is 2. The molecule has 1 saturated carbocycles. The predicted octanol–water partition coefficient (Wildman–Crippen LogP) is 1.63. The van der Waals surface area contributed by atoms with Gasteiger partial charge >= 0.3 is 0 Å². The Hall–Kier alpha value is -1.62. The highest BCUT2D eigenvalue weighted by atomic mass is 16.5. The van der Waals surface area contributed by atoms with Gasteiger partial charge in [-0.1, -0.05) is 0 Å². The minimum atomic E-state index is 0.0122. The molecule has 0 bridgehead atoms. The molecule has 1 heterocycles. The van der Waals surface area contributed by atoms with Gasteiger partial charge < -0.3 is 15.4 Å². The van der Waals surface area contributed by atoms with Crippen LogP contribution in [0.25, 0.3) is 0 Å². The summed E-state index contributed by atoms with van der Waals surface area (Å²) in [4.78, 5) is 15.8. The van der Waals surface area contributed by atoms with Gasteiger partial charge in [-0.25, -0.2) is 0 Å². The lowest BCUT2D eigenvalue weighted by atomic mass is 10.3. The van der Waals surface area contributed by atoms with E-state index >= 15 is 0 Å². The molecule has 110 valence electrons. The molecule has 1 aromatic heterocycles. The average Bonchev–Trinajstić information content (AvgIpc) is 3.21. The van der Waals surface area contributed by atoms with Gasteiger partial charge in [-0.2, -0.15) is 0 Å². The molecule has 0 radical (unpaired) electrons. The summed E-state index contributed by atoms with van der Waals surface area (Å²) >= 11 is 0. The van der Waals surface area contributed by atoms with Crippen molar-refractivity contribution in [2.24, 2.45) is 0 Å². The number of amides is 1. The Labute approximate surface area is 120 Å². The van der Waals surface area contributed by atoms with Crippen molar-refractivity contribution >= 4 is 5.91 Å². The molecule has 0 aliphatic heterocycles. The van der Waals surface area contributed by atoms with E-state index in [1.165, 1.54) is 12.8 Å². The number of carbonyl (C=O) groups excluding carboxylic acids is 1. The summed E-state index contributed by atoms with van der Waals surface area (Å²) in [5, 5.41) is 6.24. The zero-order valence-corrected chi connectivity index (χ0v) is 12.2. The molecule has 5 heteroatoms. The Morgan fingerprint density at radius 1 is 1.45 bits per heavy atom. The van der Waals surface area contributed by atoms with Crippen LogP contribution < -0.4 is 15.4 Å². The normalized spacial score (nSPS) is 14.3. The van der Waals surface area contributed by atoms with Crippen molar-refractivity contribution in [1.82, 2.24) is 15.6 Å². The number of ether oxygens (including phenoxy) is 1. The first-order valence-corrected chi connectivity index (χ1v) is 7.24. The summed E-state index contributed by atoms with van der Waals surface area (Å²) in [6.45, 7) is 5.07. The van der Waals surface area contributed by atoms with Crippen molar-refractivity contribution < 1.29 is 9.53 Å². The molecule has 2 N–H and O–H groups in total. The first-order valence-electron chi connectivity index (χ1n) is 7.24. The monoisotopic (exact) mass is 277 g/mol. The molecule has 20 heavy (non-hydrogen) atoms. The Morgan fingerprint density at radius 3 is 2.85 bits per heavy atom. The average molecular weight is 277 g/mol. The molecule has 1 amide bonds. The lowest BCUT2D eigenvalue weighted by Crippen LogP contribution is -2.31. The molecule has 0 saturated heterocycles. The first kappa shape index (κ1) is 14.8. The van der Waals surface area contributed by atoms with E-state index in [2.05, 4.69) is 15.6 Å². The second-order valence-corrected chi connectivity index (χ2v) is 5.46. The van der Waals surface area contributed by atoms with Crippen LogP contribution in [0.3, 0.4) is 0 Å². The van der Waals surface area contributed by atoms with Crippen molar-refractivity contribution in [2.45, 2.75) is 51.7 Å². The van der Waals surface area contributed by atoms with Gasteiger partial charge in [0.25, 0.3) is 0 Å². The maximum Gasteiger partial charge on any atom is 0.223 e. The smallest absolute Gasteiger partial charge is 0.223 e. The Kier molecular flexibility index (Phi) is 5.35. The number of aromatic nitrogens is 1. The van der Waals surface area contributed by atoms with E-state index in [-0.39, 0.29) is 11.9 Å². The fraction of sp³-hybridized carbons (Fsp3) is 0.600. The Morgan fingerprint density at radius 2 is 2.25 bits per heavy atom. The summed E-state index contributed by atoms with van der Waals surface area (Å²) in [5.74, 6) is 0.718. The van der Waals surface area contributed by atoms with Crippen molar-refractivity contribution in [3.8, 4) is 5.75 Å². The molecule has 0 spiro atoms. The largest absolute Gasteiger partial charge is 0.491 e. The van der Waals surface area contributed by atoms with E-state index in [1.54, 1.807) is 6.20 Å². The van der Waals surface area contributed by atoms with Gasteiger partial charge in [-0.3, -0.25) is 9.78 Å². The Balaban J connectivity index is 1.66. The maximum absolute atomic E-state index is 11.4. The molecule has 5 nitrogen and oxygen atoms in total. The van der Waals surface area contributed by atoms with Crippen LogP contribution in [-0.2, 0) is 11.3 Å². The lowest BCUT2D eigenvalue weighted by molar-refractivity contribution is -0.122. The third-order valence-corrected chi connectivity index (χ3v) is 2.99. The van der Waals surface area contributed by atoms with E-state index in [9.17, 15) is 4.79 Å². The standard InChI is InChI=1S/C15H23N3O2/c1-11(2)18-15(19)7-8-20-14-6-5-13(17-10-14)9-16-12-3-4-12/h5-6,10-12,16H,3-4,7-9H2,1-2H3,(H,18,19). The fourth-order valence-electron chi connectivity index (χ4n) is 1.79. The fourth-order valence-corrected chi connectivity index (χ4v) is 1.79. The first-order chi connectivity index (χ1) is 9.63. The van der Waals surface area contributed by atoms with E-state index in [0.29, 0.717) is 24.8 Å². The number of hydrogen-bond acceptors (Lipinski definition) is 4. The van der Waals surface area contributed by atoms with Crippen LogP contribution in [0.4, 0.5) is 0 Å². The van der Waals surface area contributed by atoms with Crippen LogP contribution >= 0.6 is 0 Å².